The molecule has 0 spiro atoms. The van der Waals surface area contributed by atoms with Gasteiger partial charge in [-0.1, -0.05) is 37.3 Å². The molecule has 0 amide bonds. The minimum absolute atomic E-state index is 0. The second-order valence-electron chi connectivity index (χ2n) is 5.06. The van der Waals surface area contributed by atoms with E-state index in [1.54, 1.807) is 0 Å². The number of rotatable bonds is 4. The van der Waals surface area contributed by atoms with Crippen LogP contribution in [0.2, 0.25) is 0 Å². The highest BCUT2D eigenvalue weighted by Crippen LogP contribution is 2.28. The summed E-state index contributed by atoms with van der Waals surface area (Å²) >= 11 is 0. The number of guanidine groups is 1. The maximum Gasteiger partial charge on any atom is 0.191 e. The molecule has 1 aliphatic carbocycles. The molecule has 0 aliphatic heterocycles. The lowest BCUT2D eigenvalue weighted by Crippen LogP contribution is -2.40. The Morgan fingerprint density at radius 3 is 2.53 bits per heavy atom. The van der Waals surface area contributed by atoms with E-state index >= 15 is 0 Å². The summed E-state index contributed by atoms with van der Waals surface area (Å²) < 4.78 is 0. The van der Waals surface area contributed by atoms with Gasteiger partial charge in [-0.3, -0.25) is 4.99 Å². The van der Waals surface area contributed by atoms with Crippen molar-refractivity contribution >= 4 is 29.9 Å². The van der Waals surface area contributed by atoms with E-state index in [1.807, 2.05) is 6.07 Å². The molecule has 0 radical (unpaired) electrons. The molecular weight excluding hydrogens is 349 g/mol. The minimum Gasteiger partial charge on any atom is -0.353 e. The van der Waals surface area contributed by atoms with E-state index in [9.17, 15) is 0 Å². The van der Waals surface area contributed by atoms with Crippen molar-refractivity contribution < 1.29 is 0 Å². The lowest BCUT2D eigenvalue weighted by atomic mass is 10.1. The molecule has 0 bridgehead atoms. The topological polar surface area (TPSA) is 36.4 Å². The van der Waals surface area contributed by atoms with Crippen molar-refractivity contribution in [2.75, 3.05) is 6.54 Å². The van der Waals surface area contributed by atoms with Gasteiger partial charge in [0.05, 0.1) is 6.04 Å². The van der Waals surface area contributed by atoms with Gasteiger partial charge in [-0.2, -0.15) is 0 Å². The first-order valence-corrected chi connectivity index (χ1v) is 6.83. The Morgan fingerprint density at radius 2 is 2.00 bits per heavy atom. The van der Waals surface area contributed by atoms with E-state index in [4.69, 9.17) is 0 Å². The molecule has 0 saturated heterocycles. The van der Waals surface area contributed by atoms with Gasteiger partial charge in [-0.25, -0.2) is 0 Å². The van der Waals surface area contributed by atoms with Gasteiger partial charge < -0.3 is 10.6 Å². The van der Waals surface area contributed by atoms with Crippen molar-refractivity contribution in [1.29, 1.82) is 0 Å². The number of hydrogen-bond donors (Lipinski definition) is 2. The van der Waals surface area contributed by atoms with Crippen LogP contribution in [0.15, 0.2) is 35.3 Å². The average molecular weight is 373 g/mol. The first-order valence-electron chi connectivity index (χ1n) is 6.83. The number of nitrogens with one attached hydrogen (secondary N) is 2. The van der Waals surface area contributed by atoms with Crippen molar-refractivity contribution in [3.8, 4) is 0 Å². The number of nitrogens with zero attached hydrogens (tertiary/aromatic N) is 1. The maximum absolute atomic E-state index is 4.50. The van der Waals surface area contributed by atoms with Crippen molar-refractivity contribution in [1.82, 2.24) is 10.6 Å². The molecule has 0 aromatic heterocycles. The Morgan fingerprint density at radius 1 is 1.37 bits per heavy atom. The van der Waals surface area contributed by atoms with E-state index in [0.29, 0.717) is 6.04 Å². The third kappa shape index (κ3) is 5.01. The van der Waals surface area contributed by atoms with Crippen molar-refractivity contribution in [3.63, 3.8) is 0 Å². The summed E-state index contributed by atoms with van der Waals surface area (Å²) in [6, 6.07) is 11.3. The van der Waals surface area contributed by atoms with Gasteiger partial charge in [-0.15, -0.1) is 24.0 Å². The van der Waals surface area contributed by atoms with Gasteiger partial charge in [0.25, 0.3) is 0 Å². The number of benzene rings is 1. The van der Waals surface area contributed by atoms with Gasteiger partial charge in [-0.05, 0) is 31.7 Å². The highest BCUT2D eigenvalue weighted by Gasteiger charge is 2.33. The second-order valence-corrected chi connectivity index (χ2v) is 5.06. The molecule has 2 N–H and O–H groups in total. The molecular formula is C15H24IN3. The summed E-state index contributed by atoms with van der Waals surface area (Å²) in [6.45, 7) is 7.30. The smallest absolute Gasteiger partial charge is 0.191 e. The maximum atomic E-state index is 4.50. The Balaban J connectivity index is 0.00000180. The fraction of sp³-hybridized carbons (Fsp3) is 0.533. The highest BCUT2D eigenvalue weighted by atomic mass is 127. The summed E-state index contributed by atoms with van der Waals surface area (Å²) in [4.78, 5) is 4.50. The monoisotopic (exact) mass is 373 g/mol. The quantitative estimate of drug-likeness (QED) is 0.483. The zero-order valence-corrected chi connectivity index (χ0v) is 14.2. The molecule has 1 aliphatic rings. The Bertz CT molecular complexity index is 405. The molecule has 3 nitrogen and oxygen atoms in total. The number of halogens is 1. The zero-order chi connectivity index (χ0) is 13.0. The fourth-order valence-electron chi connectivity index (χ4n) is 2.02. The number of aliphatic imine (C=N–C) groups is 1. The van der Waals surface area contributed by atoms with E-state index < -0.39 is 0 Å². The van der Waals surface area contributed by atoms with Crippen LogP contribution in [0.25, 0.3) is 0 Å². The molecule has 106 valence electrons. The van der Waals surface area contributed by atoms with Crippen molar-refractivity contribution in [2.45, 2.75) is 39.3 Å². The van der Waals surface area contributed by atoms with Crippen molar-refractivity contribution in [2.24, 2.45) is 10.9 Å². The lowest BCUT2D eigenvalue weighted by molar-refractivity contribution is 0.673. The van der Waals surface area contributed by atoms with E-state index in [0.717, 1.165) is 18.4 Å². The predicted octanol–water partition coefficient (Wildman–Crippen LogP) is 3.33. The van der Waals surface area contributed by atoms with Gasteiger partial charge in [0, 0.05) is 12.6 Å². The van der Waals surface area contributed by atoms with Crippen LogP contribution in [0.1, 0.15) is 38.8 Å². The Hall–Kier alpha value is -0.780. The van der Waals surface area contributed by atoms with Crippen LogP contribution in [0.3, 0.4) is 0 Å². The standard InChI is InChI=1S/C15H23N3.HI/c1-4-16-15(18-14-10-11(14)2)17-12(3)13-8-6-5-7-9-13;/h5-9,11-12,14H,4,10H2,1-3H3,(H2,16,17,18);1H. The van der Waals surface area contributed by atoms with Crippen molar-refractivity contribution in [3.05, 3.63) is 35.9 Å². The average Bonchev–Trinajstić information content (AvgIpc) is 3.06. The summed E-state index contributed by atoms with van der Waals surface area (Å²) in [7, 11) is 0. The molecule has 1 saturated carbocycles. The normalized spacial score (nSPS) is 23.2. The van der Waals surface area contributed by atoms with Crippen LogP contribution >= 0.6 is 24.0 Å². The summed E-state index contributed by atoms with van der Waals surface area (Å²) in [5.74, 6) is 1.71. The van der Waals surface area contributed by atoms with Crippen LogP contribution in [-0.4, -0.2) is 18.5 Å². The van der Waals surface area contributed by atoms with E-state index in [-0.39, 0.29) is 30.0 Å². The van der Waals surface area contributed by atoms with E-state index in [1.165, 1.54) is 12.0 Å². The van der Waals surface area contributed by atoms with Crippen LogP contribution < -0.4 is 10.6 Å². The van der Waals surface area contributed by atoms with Crippen LogP contribution in [0.5, 0.6) is 0 Å². The van der Waals surface area contributed by atoms with Gasteiger partial charge in [0.1, 0.15) is 0 Å². The summed E-state index contributed by atoms with van der Waals surface area (Å²) in [5, 5.41) is 6.95. The molecule has 0 heterocycles. The Kier molecular flexibility index (Phi) is 6.62. The van der Waals surface area contributed by atoms with Gasteiger partial charge in [0.15, 0.2) is 5.96 Å². The Labute approximate surface area is 133 Å². The molecule has 19 heavy (non-hydrogen) atoms. The van der Waals surface area contributed by atoms with Gasteiger partial charge in [0.2, 0.25) is 0 Å². The summed E-state index contributed by atoms with van der Waals surface area (Å²) in [6.07, 6.45) is 1.25. The predicted molar refractivity (Wildman–Crippen MR) is 92.1 cm³/mol. The van der Waals surface area contributed by atoms with Crippen LogP contribution in [0, 0.1) is 5.92 Å². The van der Waals surface area contributed by atoms with Gasteiger partial charge >= 0.3 is 0 Å². The molecule has 1 fully saturated rings. The number of hydrogen-bond acceptors (Lipinski definition) is 1. The SMILES string of the molecule is CCN=C(NC(C)c1ccccc1)NC1CC1C.I. The van der Waals surface area contributed by atoms with E-state index in [2.05, 4.69) is 60.7 Å². The molecule has 3 atom stereocenters. The third-order valence-electron chi connectivity index (χ3n) is 3.40. The highest BCUT2D eigenvalue weighted by molar-refractivity contribution is 14.0. The zero-order valence-electron chi connectivity index (χ0n) is 11.9. The fourth-order valence-corrected chi connectivity index (χ4v) is 2.02. The molecule has 3 unspecified atom stereocenters. The third-order valence-corrected chi connectivity index (χ3v) is 3.40. The van der Waals surface area contributed by atoms with Crippen LogP contribution in [-0.2, 0) is 0 Å². The minimum atomic E-state index is 0. The molecule has 1 aromatic carbocycles. The first-order chi connectivity index (χ1) is 8.70. The largest absolute Gasteiger partial charge is 0.353 e. The molecule has 1 aromatic rings. The van der Waals surface area contributed by atoms with Crippen LogP contribution in [0.4, 0.5) is 0 Å². The summed E-state index contributed by atoms with van der Waals surface area (Å²) in [5.41, 5.74) is 1.28. The first kappa shape index (κ1) is 16.3. The molecule has 2 rings (SSSR count). The molecule has 4 heteroatoms. The lowest BCUT2D eigenvalue weighted by Gasteiger charge is -2.18. The second kappa shape index (κ2) is 7.72.